The Hall–Kier alpha value is -3.15. The zero-order valence-electron chi connectivity index (χ0n) is 12.6. The van der Waals surface area contributed by atoms with Gasteiger partial charge >= 0.3 is 0 Å². The summed E-state index contributed by atoms with van der Waals surface area (Å²) >= 11 is 0. The van der Waals surface area contributed by atoms with E-state index < -0.39 is 0 Å². The number of rotatable bonds is 5. The van der Waals surface area contributed by atoms with Gasteiger partial charge in [-0.2, -0.15) is 5.10 Å². The van der Waals surface area contributed by atoms with E-state index >= 15 is 0 Å². The number of hydrazone groups is 1. The first kappa shape index (κ1) is 16.2. The van der Waals surface area contributed by atoms with Crippen molar-refractivity contribution in [3.8, 4) is 5.75 Å². The van der Waals surface area contributed by atoms with Crippen molar-refractivity contribution in [2.24, 2.45) is 5.10 Å². The number of hydrogen-bond acceptors (Lipinski definition) is 4. The van der Waals surface area contributed by atoms with E-state index in [1.54, 1.807) is 43.3 Å². The summed E-state index contributed by atoms with van der Waals surface area (Å²) in [5, 5.41) is 15.7. The Morgan fingerprint density at radius 3 is 2.35 bits per heavy atom. The van der Waals surface area contributed by atoms with E-state index in [0.29, 0.717) is 17.7 Å². The number of phenolic OH excluding ortho intramolecular Hbond substituents is 1. The van der Waals surface area contributed by atoms with Crippen LogP contribution in [0.5, 0.6) is 5.75 Å². The Morgan fingerprint density at radius 2 is 1.74 bits per heavy atom. The second-order valence-electron chi connectivity index (χ2n) is 4.77. The SMILES string of the molecule is CCC(=O)Nc1ccc(C(=O)NN=Cc2ccc(O)cc2)cc1. The standard InChI is InChI=1S/C17H17N3O3/c1-2-16(22)19-14-7-5-13(6-8-14)17(23)20-18-11-12-3-9-15(21)10-4-12/h3-11,21H,2H2,1H3,(H,19,22)(H,20,23). The summed E-state index contributed by atoms with van der Waals surface area (Å²) in [7, 11) is 0. The van der Waals surface area contributed by atoms with Gasteiger partial charge < -0.3 is 10.4 Å². The minimum Gasteiger partial charge on any atom is -0.508 e. The molecule has 2 amide bonds. The molecule has 0 aliphatic rings. The lowest BCUT2D eigenvalue weighted by Crippen LogP contribution is -2.17. The van der Waals surface area contributed by atoms with Crippen molar-refractivity contribution in [2.75, 3.05) is 5.32 Å². The molecule has 0 heterocycles. The quantitative estimate of drug-likeness (QED) is 0.585. The summed E-state index contributed by atoms with van der Waals surface area (Å²) in [6.07, 6.45) is 1.88. The fraction of sp³-hybridized carbons (Fsp3) is 0.118. The van der Waals surface area contributed by atoms with Gasteiger partial charge in [0.25, 0.3) is 5.91 Å². The van der Waals surface area contributed by atoms with Gasteiger partial charge in [-0.1, -0.05) is 6.92 Å². The highest BCUT2D eigenvalue weighted by molar-refractivity contribution is 5.96. The number of phenols is 1. The Bertz CT molecular complexity index is 707. The van der Waals surface area contributed by atoms with Crippen LogP contribution in [0, 0.1) is 0 Å². The smallest absolute Gasteiger partial charge is 0.271 e. The van der Waals surface area contributed by atoms with Gasteiger partial charge in [-0.3, -0.25) is 9.59 Å². The summed E-state index contributed by atoms with van der Waals surface area (Å²) in [6, 6.07) is 13.0. The van der Waals surface area contributed by atoms with Crippen molar-refractivity contribution in [3.63, 3.8) is 0 Å². The molecule has 0 aliphatic carbocycles. The maximum Gasteiger partial charge on any atom is 0.271 e. The third-order valence-corrected chi connectivity index (χ3v) is 3.02. The molecular weight excluding hydrogens is 294 g/mol. The average molecular weight is 311 g/mol. The van der Waals surface area contributed by atoms with Crippen molar-refractivity contribution in [2.45, 2.75) is 13.3 Å². The molecule has 0 saturated heterocycles. The number of benzene rings is 2. The van der Waals surface area contributed by atoms with Crippen LogP contribution in [0.1, 0.15) is 29.3 Å². The molecule has 2 aromatic carbocycles. The van der Waals surface area contributed by atoms with Crippen LogP contribution >= 0.6 is 0 Å². The molecule has 0 radical (unpaired) electrons. The summed E-state index contributed by atoms with van der Waals surface area (Å²) in [5.74, 6) is -0.268. The number of hydrogen-bond donors (Lipinski definition) is 3. The molecular formula is C17H17N3O3. The summed E-state index contributed by atoms with van der Waals surface area (Å²) in [5.41, 5.74) is 4.24. The molecule has 6 nitrogen and oxygen atoms in total. The highest BCUT2D eigenvalue weighted by atomic mass is 16.3. The lowest BCUT2D eigenvalue weighted by molar-refractivity contribution is -0.115. The minimum absolute atomic E-state index is 0.0827. The number of aromatic hydroxyl groups is 1. The lowest BCUT2D eigenvalue weighted by Gasteiger charge is -2.04. The van der Waals surface area contributed by atoms with Gasteiger partial charge in [-0.05, 0) is 54.1 Å². The van der Waals surface area contributed by atoms with Gasteiger partial charge in [-0.15, -0.1) is 0 Å². The maximum absolute atomic E-state index is 11.9. The molecule has 3 N–H and O–H groups in total. The van der Waals surface area contributed by atoms with Crippen molar-refractivity contribution in [1.29, 1.82) is 0 Å². The Morgan fingerprint density at radius 1 is 1.09 bits per heavy atom. The van der Waals surface area contributed by atoms with E-state index in [9.17, 15) is 14.7 Å². The number of nitrogens with one attached hydrogen (secondary N) is 2. The first-order chi connectivity index (χ1) is 11.1. The Kier molecular flexibility index (Phi) is 5.46. The van der Waals surface area contributed by atoms with Crippen LogP contribution in [0.3, 0.4) is 0 Å². The number of nitrogens with zero attached hydrogens (tertiary/aromatic N) is 1. The summed E-state index contributed by atoms with van der Waals surface area (Å²) in [6.45, 7) is 1.77. The Labute approximate surface area is 133 Å². The van der Waals surface area contributed by atoms with Gasteiger partial charge in [-0.25, -0.2) is 5.43 Å². The van der Waals surface area contributed by atoms with Crippen LogP contribution in [0.2, 0.25) is 0 Å². The molecule has 0 saturated carbocycles. The van der Waals surface area contributed by atoms with E-state index in [-0.39, 0.29) is 17.6 Å². The number of carbonyl (C=O) groups excluding carboxylic acids is 2. The lowest BCUT2D eigenvalue weighted by atomic mass is 10.2. The maximum atomic E-state index is 11.9. The largest absolute Gasteiger partial charge is 0.508 e. The van der Waals surface area contributed by atoms with Crippen LogP contribution in [-0.4, -0.2) is 23.1 Å². The highest BCUT2D eigenvalue weighted by Gasteiger charge is 2.05. The minimum atomic E-state index is -0.353. The highest BCUT2D eigenvalue weighted by Crippen LogP contribution is 2.10. The molecule has 23 heavy (non-hydrogen) atoms. The fourth-order valence-corrected chi connectivity index (χ4v) is 1.74. The number of anilines is 1. The van der Waals surface area contributed by atoms with Crippen LogP contribution in [0.15, 0.2) is 53.6 Å². The molecule has 2 aromatic rings. The van der Waals surface area contributed by atoms with Gasteiger partial charge in [0, 0.05) is 17.7 Å². The van der Waals surface area contributed by atoms with Gasteiger partial charge in [0.15, 0.2) is 0 Å². The predicted molar refractivity (Wildman–Crippen MR) is 88.5 cm³/mol. The second-order valence-corrected chi connectivity index (χ2v) is 4.77. The van der Waals surface area contributed by atoms with E-state index in [1.807, 2.05) is 0 Å². The van der Waals surface area contributed by atoms with E-state index in [2.05, 4.69) is 15.8 Å². The van der Waals surface area contributed by atoms with Gasteiger partial charge in [0.1, 0.15) is 5.75 Å². The van der Waals surface area contributed by atoms with Gasteiger partial charge in [0.05, 0.1) is 6.21 Å². The molecule has 0 bridgehead atoms. The number of amides is 2. The van der Waals surface area contributed by atoms with Crippen LogP contribution < -0.4 is 10.7 Å². The molecule has 118 valence electrons. The molecule has 0 spiro atoms. The van der Waals surface area contributed by atoms with Crippen molar-refractivity contribution in [1.82, 2.24) is 5.43 Å². The van der Waals surface area contributed by atoms with Crippen molar-refractivity contribution < 1.29 is 14.7 Å². The number of carbonyl (C=O) groups is 2. The molecule has 0 aromatic heterocycles. The fourth-order valence-electron chi connectivity index (χ4n) is 1.74. The molecule has 6 heteroatoms. The molecule has 0 fully saturated rings. The van der Waals surface area contributed by atoms with Crippen molar-refractivity contribution in [3.05, 3.63) is 59.7 Å². The van der Waals surface area contributed by atoms with Crippen LogP contribution in [-0.2, 0) is 4.79 Å². The molecule has 2 rings (SSSR count). The average Bonchev–Trinajstić information content (AvgIpc) is 2.57. The van der Waals surface area contributed by atoms with Crippen molar-refractivity contribution >= 4 is 23.7 Å². The van der Waals surface area contributed by atoms with Crippen LogP contribution in [0.25, 0.3) is 0 Å². The molecule has 0 unspecified atom stereocenters. The normalized spacial score (nSPS) is 10.5. The zero-order valence-corrected chi connectivity index (χ0v) is 12.6. The monoisotopic (exact) mass is 311 g/mol. The predicted octanol–water partition coefficient (Wildman–Crippen LogP) is 2.50. The summed E-state index contributed by atoms with van der Waals surface area (Å²) in [4.78, 5) is 23.2. The van der Waals surface area contributed by atoms with Gasteiger partial charge in [0.2, 0.25) is 5.91 Å². The van der Waals surface area contributed by atoms with E-state index in [1.165, 1.54) is 18.3 Å². The third-order valence-electron chi connectivity index (χ3n) is 3.02. The first-order valence-electron chi connectivity index (χ1n) is 7.11. The van der Waals surface area contributed by atoms with E-state index in [4.69, 9.17) is 0 Å². The Balaban J connectivity index is 1.92. The topological polar surface area (TPSA) is 90.8 Å². The molecule has 0 atom stereocenters. The zero-order chi connectivity index (χ0) is 16.7. The second kappa shape index (κ2) is 7.74. The van der Waals surface area contributed by atoms with E-state index in [0.717, 1.165) is 5.56 Å². The first-order valence-corrected chi connectivity index (χ1v) is 7.11. The summed E-state index contributed by atoms with van der Waals surface area (Å²) < 4.78 is 0. The third kappa shape index (κ3) is 4.96. The van der Waals surface area contributed by atoms with Crippen LogP contribution in [0.4, 0.5) is 5.69 Å². The molecule has 0 aliphatic heterocycles.